The Balaban J connectivity index is 2.23. The molecule has 1 aliphatic rings. The van der Waals surface area contributed by atoms with Crippen molar-refractivity contribution >= 4 is 17.4 Å². The maximum absolute atomic E-state index is 11.9. The molecule has 0 saturated carbocycles. The van der Waals surface area contributed by atoms with Gasteiger partial charge in [0.05, 0.1) is 6.61 Å². The molecule has 0 spiro atoms. The zero-order valence-corrected chi connectivity index (χ0v) is 8.67. The molecule has 1 aliphatic heterocycles. The number of ether oxygens (including phenoxy) is 1. The van der Waals surface area contributed by atoms with Crippen LogP contribution in [0.25, 0.3) is 0 Å². The van der Waals surface area contributed by atoms with E-state index in [4.69, 9.17) is 16.3 Å². The zero-order valence-electron chi connectivity index (χ0n) is 7.92. The number of ketones is 1. The van der Waals surface area contributed by atoms with E-state index in [1.54, 1.807) is 24.3 Å². The second-order valence-corrected chi connectivity index (χ2v) is 3.91. The first-order valence-corrected chi connectivity index (χ1v) is 5.00. The highest BCUT2D eigenvalue weighted by atomic mass is 35.5. The van der Waals surface area contributed by atoms with E-state index < -0.39 is 5.60 Å². The third-order valence-electron chi connectivity index (χ3n) is 2.58. The van der Waals surface area contributed by atoms with Crippen molar-refractivity contribution in [3.63, 3.8) is 0 Å². The lowest BCUT2D eigenvalue weighted by Crippen LogP contribution is -2.23. The van der Waals surface area contributed by atoms with Crippen molar-refractivity contribution in [1.82, 2.24) is 0 Å². The molecule has 0 aromatic heterocycles. The van der Waals surface area contributed by atoms with Crippen LogP contribution in [0.15, 0.2) is 24.3 Å². The summed E-state index contributed by atoms with van der Waals surface area (Å²) in [6.07, 6.45) is 0.731. The quantitative estimate of drug-likeness (QED) is 0.567. The van der Waals surface area contributed by atoms with Gasteiger partial charge in [-0.2, -0.15) is 0 Å². The molecule has 2 nitrogen and oxygen atoms in total. The SMILES string of the molecule is CCC1(C(=O)c2ccc(Cl)cc2)CO1. The first kappa shape index (κ1) is 9.69. The molecular formula is C11H11ClO2. The van der Waals surface area contributed by atoms with E-state index in [9.17, 15) is 4.79 Å². The lowest BCUT2D eigenvalue weighted by molar-refractivity contribution is 0.0868. The molecule has 1 aromatic rings. The van der Waals surface area contributed by atoms with Crippen molar-refractivity contribution in [3.05, 3.63) is 34.9 Å². The smallest absolute Gasteiger partial charge is 0.197 e. The summed E-state index contributed by atoms with van der Waals surface area (Å²) >= 11 is 5.74. The number of carbonyl (C=O) groups is 1. The van der Waals surface area contributed by atoms with Gasteiger partial charge in [-0.3, -0.25) is 4.79 Å². The number of Topliss-reactive ketones (excluding diaryl/α,β-unsaturated/α-hetero) is 1. The Morgan fingerprint density at radius 2 is 2.07 bits per heavy atom. The summed E-state index contributed by atoms with van der Waals surface area (Å²) in [6.45, 7) is 2.51. The Labute approximate surface area is 87.8 Å². The molecule has 1 heterocycles. The number of carbonyl (C=O) groups excluding carboxylic acids is 1. The van der Waals surface area contributed by atoms with Gasteiger partial charge in [0.2, 0.25) is 0 Å². The molecule has 74 valence electrons. The molecule has 0 radical (unpaired) electrons. The molecule has 1 unspecified atom stereocenters. The molecule has 0 bridgehead atoms. The third-order valence-corrected chi connectivity index (χ3v) is 2.84. The van der Waals surface area contributed by atoms with Gasteiger partial charge in [0.25, 0.3) is 0 Å². The van der Waals surface area contributed by atoms with E-state index in [-0.39, 0.29) is 5.78 Å². The minimum absolute atomic E-state index is 0.0664. The standard InChI is InChI=1S/C11H11ClO2/c1-2-11(7-14-11)10(13)8-3-5-9(12)6-4-8/h3-6H,2,7H2,1H3. The number of halogens is 1. The van der Waals surface area contributed by atoms with Crippen LogP contribution in [0.3, 0.4) is 0 Å². The summed E-state index contributed by atoms with van der Waals surface area (Å²) in [5.74, 6) is 0.0664. The fourth-order valence-corrected chi connectivity index (χ4v) is 1.57. The van der Waals surface area contributed by atoms with E-state index in [2.05, 4.69) is 0 Å². The van der Waals surface area contributed by atoms with Crippen LogP contribution in [0.5, 0.6) is 0 Å². The number of epoxide rings is 1. The van der Waals surface area contributed by atoms with Crippen LogP contribution in [0.2, 0.25) is 5.02 Å². The average molecular weight is 211 g/mol. The first-order valence-electron chi connectivity index (χ1n) is 4.62. The summed E-state index contributed by atoms with van der Waals surface area (Å²) in [4.78, 5) is 11.9. The zero-order chi connectivity index (χ0) is 10.2. The van der Waals surface area contributed by atoms with Crippen LogP contribution < -0.4 is 0 Å². The summed E-state index contributed by atoms with van der Waals surface area (Å²) in [6, 6.07) is 6.93. The Morgan fingerprint density at radius 3 is 2.50 bits per heavy atom. The minimum Gasteiger partial charge on any atom is -0.361 e. The van der Waals surface area contributed by atoms with Crippen LogP contribution in [0.4, 0.5) is 0 Å². The summed E-state index contributed by atoms with van der Waals surface area (Å²) in [5, 5.41) is 0.642. The van der Waals surface area contributed by atoms with E-state index in [0.29, 0.717) is 17.2 Å². The Kier molecular flexibility index (Phi) is 2.33. The van der Waals surface area contributed by atoms with Crippen molar-refractivity contribution < 1.29 is 9.53 Å². The molecule has 1 aromatic carbocycles. The number of hydrogen-bond acceptors (Lipinski definition) is 2. The summed E-state index contributed by atoms with van der Waals surface area (Å²) in [7, 11) is 0. The van der Waals surface area contributed by atoms with Gasteiger partial charge >= 0.3 is 0 Å². The second kappa shape index (κ2) is 3.37. The third kappa shape index (κ3) is 1.56. The molecule has 0 N–H and O–H groups in total. The van der Waals surface area contributed by atoms with Gasteiger partial charge in [-0.05, 0) is 30.7 Å². The molecule has 14 heavy (non-hydrogen) atoms. The molecule has 3 heteroatoms. The molecule has 0 aliphatic carbocycles. The predicted octanol–water partition coefficient (Wildman–Crippen LogP) is 2.70. The summed E-state index contributed by atoms with van der Waals surface area (Å²) in [5.41, 5.74) is 0.141. The van der Waals surface area contributed by atoms with Crippen molar-refractivity contribution in [1.29, 1.82) is 0 Å². The molecule has 1 saturated heterocycles. The molecule has 0 amide bonds. The van der Waals surface area contributed by atoms with Gasteiger partial charge in [0.1, 0.15) is 0 Å². The van der Waals surface area contributed by atoms with Crippen LogP contribution in [0, 0.1) is 0 Å². The van der Waals surface area contributed by atoms with Crippen molar-refractivity contribution in [2.45, 2.75) is 18.9 Å². The van der Waals surface area contributed by atoms with E-state index in [1.807, 2.05) is 6.92 Å². The minimum atomic E-state index is -0.534. The van der Waals surface area contributed by atoms with Crippen molar-refractivity contribution in [3.8, 4) is 0 Å². The van der Waals surface area contributed by atoms with Crippen LogP contribution in [-0.4, -0.2) is 18.0 Å². The highest BCUT2D eigenvalue weighted by Crippen LogP contribution is 2.34. The number of hydrogen-bond donors (Lipinski definition) is 0. The van der Waals surface area contributed by atoms with E-state index in [0.717, 1.165) is 6.42 Å². The van der Waals surface area contributed by atoms with Gasteiger partial charge in [-0.25, -0.2) is 0 Å². The fourth-order valence-electron chi connectivity index (χ4n) is 1.45. The highest BCUT2D eigenvalue weighted by Gasteiger charge is 2.50. The second-order valence-electron chi connectivity index (χ2n) is 3.47. The highest BCUT2D eigenvalue weighted by molar-refractivity contribution is 6.30. The molecule has 2 rings (SSSR count). The molecule has 1 fully saturated rings. The number of rotatable bonds is 3. The van der Waals surface area contributed by atoms with Gasteiger partial charge in [0.15, 0.2) is 11.4 Å². The van der Waals surface area contributed by atoms with E-state index >= 15 is 0 Å². The normalized spacial score (nSPS) is 24.7. The van der Waals surface area contributed by atoms with Gasteiger partial charge in [-0.15, -0.1) is 0 Å². The monoisotopic (exact) mass is 210 g/mol. The lowest BCUT2D eigenvalue weighted by atomic mass is 9.96. The predicted molar refractivity (Wildman–Crippen MR) is 54.8 cm³/mol. The Hall–Kier alpha value is -0.860. The topological polar surface area (TPSA) is 29.6 Å². The van der Waals surface area contributed by atoms with E-state index in [1.165, 1.54) is 0 Å². The lowest BCUT2D eigenvalue weighted by Gasteiger charge is -2.07. The average Bonchev–Trinajstić information content (AvgIpc) is 2.99. The fraction of sp³-hybridized carbons (Fsp3) is 0.364. The van der Waals surface area contributed by atoms with Crippen LogP contribution in [0.1, 0.15) is 23.7 Å². The van der Waals surface area contributed by atoms with Crippen LogP contribution in [-0.2, 0) is 4.74 Å². The summed E-state index contributed by atoms with van der Waals surface area (Å²) < 4.78 is 5.21. The maximum atomic E-state index is 11.9. The van der Waals surface area contributed by atoms with Gasteiger partial charge < -0.3 is 4.74 Å². The van der Waals surface area contributed by atoms with Crippen molar-refractivity contribution in [2.24, 2.45) is 0 Å². The maximum Gasteiger partial charge on any atom is 0.197 e. The number of benzene rings is 1. The van der Waals surface area contributed by atoms with Gasteiger partial charge in [0, 0.05) is 10.6 Å². The molecule has 1 atom stereocenters. The largest absolute Gasteiger partial charge is 0.361 e. The first-order chi connectivity index (χ1) is 6.68. The Bertz CT molecular complexity index is 352. The molecular weight excluding hydrogens is 200 g/mol. The van der Waals surface area contributed by atoms with Gasteiger partial charge in [-0.1, -0.05) is 18.5 Å². The van der Waals surface area contributed by atoms with Crippen molar-refractivity contribution in [2.75, 3.05) is 6.61 Å². The Morgan fingerprint density at radius 1 is 1.50 bits per heavy atom. The van der Waals surface area contributed by atoms with Crippen LogP contribution >= 0.6 is 11.6 Å².